The summed E-state index contributed by atoms with van der Waals surface area (Å²) in [6.07, 6.45) is 2.91. The van der Waals surface area contributed by atoms with Gasteiger partial charge < -0.3 is 10.1 Å². The summed E-state index contributed by atoms with van der Waals surface area (Å²) in [5, 5.41) is 2.85. The fourth-order valence-electron chi connectivity index (χ4n) is 2.13. The van der Waals surface area contributed by atoms with Crippen LogP contribution in [0.4, 0.5) is 0 Å². The highest BCUT2D eigenvalue weighted by atomic mass is 32.2. The number of piperidine rings is 1. The summed E-state index contributed by atoms with van der Waals surface area (Å²) in [5.74, 6) is 0.0827. The van der Waals surface area contributed by atoms with Crippen LogP contribution in [0.25, 0.3) is 0 Å². The van der Waals surface area contributed by atoms with E-state index in [1.54, 1.807) is 4.31 Å². The Morgan fingerprint density at radius 2 is 2.00 bits per heavy atom. The second kappa shape index (κ2) is 7.81. The molecular formula is C12H24N2O4S. The smallest absolute Gasteiger partial charge is 0.246 e. The first-order chi connectivity index (χ1) is 8.99. The van der Waals surface area contributed by atoms with E-state index in [0.29, 0.717) is 32.4 Å². The van der Waals surface area contributed by atoms with Crippen molar-refractivity contribution in [2.45, 2.75) is 38.6 Å². The van der Waals surface area contributed by atoms with E-state index in [-0.39, 0.29) is 24.3 Å². The molecule has 1 heterocycles. The second-order valence-corrected chi connectivity index (χ2v) is 6.93. The highest BCUT2D eigenvalue weighted by Gasteiger charge is 2.27. The van der Waals surface area contributed by atoms with Crippen LogP contribution in [-0.2, 0) is 19.6 Å². The van der Waals surface area contributed by atoms with Crippen molar-refractivity contribution in [3.05, 3.63) is 0 Å². The zero-order chi connectivity index (χ0) is 14.3. The number of methoxy groups -OCH3 is 1. The van der Waals surface area contributed by atoms with Gasteiger partial charge in [0.05, 0.1) is 5.75 Å². The number of nitrogens with zero attached hydrogens (tertiary/aromatic N) is 1. The zero-order valence-electron chi connectivity index (χ0n) is 11.7. The Labute approximate surface area is 115 Å². The van der Waals surface area contributed by atoms with Gasteiger partial charge in [0, 0.05) is 26.2 Å². The molecule has 0 aromatic carbocycles. The number of ether oxygens (including phenoxy) is 1. The molecule has 0 atom stereocenters. The SMILES string of the molecule is CCCCS(=O)(=O)N1CCC(NC(=O)COC)CC1. The number of hydrogen-bond acceptors (Lipinski definition) is 4. The molecule has 0 bridgehead atoms. The van der Waals surface area contributed by atoms with Crippen LogP contribution in [0.3, 0.4) is 0 Å². The van der Waals surface area contributed by atoms with Gasteiger partial charge in [0.25, 0.3) is 0 Å². The first-order valence-corrected chi connectivity index (χ1v) is 8.36. The van der Waals surface area contributed by atoms with E-state index in [2.05, 4.69) is 5.32 Å². The topological polar surface area (TPSA) is 75.7 Å². The molecule has 19 heavy (non-hydrogen) atoms. The Bertz CT molecular complexity index is 375. The molecule has 1 amide bonds. The molecule has 1 aliphatic heterocycles. The molecule has 0 spiro atoms. The number of amides is 1. The van der Waals surface area contributed by atoms with Crippen molar-refractivity contribution in [2.24, 2.45) is 0 Å². The lowest BCUT2D eigenvalue weighted by Gasteiger charge is -2.31. The minimum absolute atomic E-state index is 0.0506. The quantitative estimate of drug-likeness (QED) is 0.734. The summed E-state index contributed by atoms with van der Waals surface area (Å²) >= 11 is 0. The summed E-state index contributed by atoms with van der Waals surface area (Å²) in [5.41, 5.74) is 0. The molecule has 0 saturated carbocycles. The van der Waals surface area contributed by atoms with Crippen LogP contribution in [0.15, 0.2) is 0 Å². The molecule has 0 aliphatic carbocycles. The van der Waals surface area contributed by atoms with E-state index in [1.807, 2.05) is 6.92 Å². The molecule has 1 aliphatic rings. The van der Waals surface area contributed by atoms with Crippen LogP contribution < -0.4 is 5.32 Å². The first-order valence-electron chi connectivity index (χ1n) is 6.75. The molecule has 1 rings (SSSR count). The van der Waals surface area contributed by atoms with Gasteiger partial charge in [-0.05, 0) is 19.3 Å². The summed E-state index contributed by atoms with van der Waals surface area (Å²) in [6, 6.07) is 0.0558. The molecule has 1 saturated heterocycles. The van der Waals surface area contributed by atoms with Gasteiger partial charge in [0.2, 0.25) is 15.9 Å². The average Bonchev–Trinajstić information content (AvgIpc) is 2.37. The third-order valence-electron chi connectivity index (χ3n) is 3.24. The molecule has 6 nitrogen and oxygen atoms in total. The van der Waals surface area contributed by atoms with Crippen molar-refractivity contribution in [1.29, 1.82) is 0 Å². The molecule has 1 fully saturated rings. The van der Waals surface area contributed by atoms with Gasteiger partial charge in [-0.1, -0.05) is 13.3 Å². The van der Waals surface area contributed by atoms with E-state index in [0.717, 1.165) is 6.42 Å². The number of carbonyl (C=O) groups excluding carboxylic acids is 1. The predicted octanol–water partition coefficient (Wildman–Crippen LogP) is 0.343. The summed E-state index contributed by atoms with van der Waals surface area (Å²) in [7, 11) is -1.64. The van der Waals surface area contributed by atoms with Crippen LogP contribution in [0.2, 0.25) is 0 Å². The Morgan fingerprint density at radius 3 is 2.53 bits per heavy atom. The standard InChI is InChI=1S/C12H24N2O4S/c1-3-4-9-19(16,17)14-7-5-11(6-8-14)13-12(15)10-18-2/h11H,3-10H2,1-2H3,(H,13,15). The maximum atomic E-state index is 12.0. The lowest BCUT2D eigenvalue weighted by atomic mass is 10.1. The van der Waals surface area contributed by atoms with Crippen molar-refractivity contribution in [1.82, 2.24) is 9.62 Å². The van der Waals surface area contributed by atoms with Crippen molar-refractivity contribution in [3.63, 3.8) is 0 Å². The van der Waals surface area contributed by atoms with Crippen LogP contribution in [0, 0.1) is 0 Å². The van der Waals surface area contributed by atoms with E-state index in [9.17, 15) is 13.2 Å². The number of rotatable bonds is 7. The fourth-order valence-corrected chi connectivity index (χ4v) is 3.81. The number of hydrogen-bond donors (Lipinski definition) is 1. The summed E-state index contributed by atoms with van der Waals surface area (Å²) in [4.78, 5) is 11.4. The number of sulfonamides is 1. The highest BCUT2D eigenvalue weighted by molar-refractivity contribution is 7.89. The number of nitrogens with one attached hydrogen (secondary N) is 1. The fraction of sp³-hybridized carbons (Fsp3) is 0.917. The molecule has 0 unspecified atom stereocenters. The van der Waals surface area contributed by atoms with Crippen molar-refractivity contribution in [2.75, 3.05) is 32.6 Å². The van der Waals surface area contributed by atoms with Gasteiger partial charge in [0.1, 0.15) is 6.61 Å². The maximum Gasteiger partial charge on any atom is 0.246 e. The Balaban J connectivity index is 2.38. The van der Waals surface area contributed by atoms with Crippen molar-refractivity contribution in [3.8, 4) is 0 Å². The third kappa shape index (κ3) is 5.46. The van der Waals surface area contributed by atoms with Crippen LogP contribution in [0.1, 0.15) is 32.6 Å². The molecular weight excluding hydrogens is 268 g/mol. The average molecular weight is 292 g/mol. The second-order valence-electron chi connectivity index (χ2n) is 4.84. The summed E-state index contributed by atoms with van der Waals surface area (Å²) in [6.45, 7) is 3.01. The zero-order valence-corrected chi connectivity index (χ0v) is 12.5. The van der Waals surface area contributed by atoms with Gasteiger partial charge >= 0.3 is 0 Å². The molecule has 1 N–H and O–H groups in total. The van der Waals surface area contributed by atoms with Gasteiger partial charge in [-0.2, -0.15) is 0 Å². The molecule has 7 heteroatoms. The lowest BCUT2D eigenvalue weighted by molar-refractivity contribution is -0.125. The van der Waals surface area contributed by atoms with Gasteiger partial charge in [-0.15, -0.1) is 0 Å². The minimum Gasteiger partial charge on any atom is -0.375 e. The Morgan fingerprint density at radius 1 is 1.37 bits per heavy atom. The van der Waals surface area contributed by atoms with Gasteiger partial charge in [-0.25, -0.2) is 12.7 Å². The number of unbranched alkanes of at least 4 members (excludes halogenated alkanes) is 1. The van der Waals surface area contributed by atoms with Gasteiger partial charge in [-0.3, -0.25) is 4.79 Å². The van der Waals surface area contributed by atoms with Crippen LogP contribution in [-0.4, -0.2) is 57.2 Å². The lowest BCUT2D eigenvalue weighted by Crippen LogP contribution is -2.47. The molecule has 0 aromatic heterocycles. The number of carbonyl (C=O) groups is 1. The van der Waals surface area contributed by atoms with Gasteiger partial charge in [0.15, 0.2) is 0 Å². The monoisotopic (exact) mass is 292 g/mol. The van der Waals surface area contributed by atoms with Crippen molar-refractivity contribution < 1.29 is 17.9 Å². The molecule has 0 radical (unpaired) electrons. The molecule has 0 aromatic rings. The maximum absolute atomic E-state index is 12.0. The Kier molecular flexibility index (Phi) is 6.74. The molecule has 112 valence electrons. The largest absolute Gasteiger partial charge is 0.375 e. The van der Waals surface area contributed by atoms with E-state index < -0.39 is 10.0 Å². The van der Waals surface area contributed by atoms with E-state index >= 15 is 0 Å². The highest BCUT2D eigenvalue weighted by Crippen LogP contribution is 2.15. The van der Waals surface area contributed by atoms with E-state index in [1.165, 1.54) is 7.11 Å². The summed E-state index contributed by atoms with van der Waals surface area (Å²) < 4.78 is 30.3. The van der Waals surface area contributed by atoms with E-state index in [4.69, 9.17) is 4.74 Å². The Hall–Kier alpha value is -0.660. The predicted molar refractivity (Wildman–Crippen MR) is 73.3 cm³/mol. The van der Waals surface area contributed by atoms with Crippen LogP contribution in [0.5, 0.6) is 0 Å². The normalized spacial score (nSPS) is 18.4. The van der Waals surface area contributed by atoms with Crippen LogP contribution >= 0.6 is 0 Å². The first kappa shape index (κ1) is 16.4. The third-order valence-corrected chi connectivity index (χ3v) is 5.20. The minimum atomic E-state index is -3.11. The van der Waals surface area contributed by atoms with Crippen molar-refractivity contribution >= 4 is 15.9 Å².